The first-order chi connectivity index (χ1) is 13.2. The monoisotopic (exact) mass is 375 g/mol. The Balaban J connectivity index is 1.40. The number of rotatable bonds is 6. The van der Waals surface area contributed by atoms with Crippen LogP contribution in [0.1, 0.15) is 18.4 Å². The van der Waals surface area contributed by atoms with Gasteiger partial charge in [0.05, 0.1) is 6.61 Å². The topological polar surface area (TPSA) is 60.9 Å². The van der Waals surface area contributed by atoms with Crippen LogP contribution in [0.5, 0.6) is 0 Å². The maximum Gasteiger partial charge on any atom is 0.317 e. The number of nitrogens with one attached hydrogen (secondary N) is 1. The maximum absolute atomic E-state index is 12.6. The van der Waals surface area contributed by atoms with Crippen molar-refractivity contribution in [1.29, 1.82) is 0 Å². The van der Waals surface area contributed by atoms with E-state index < -0.39 is 0 Å². The number of aromatic nitrogens is 1. The van der Waals surface area contributed by atoms with Crippen LogP contribution in [0.25, 0.3) is 0 Å². The second kappa shape index (κ2) is 9.90. The summed E-state index contributed by atoms with van der Waals surface area (Å²) < 4.78 is 5.18. The summed E-state index contributed by atoms with van der Waals surface area (Å²) in [5.74, 6) is 0.542. The van der Waals surface area contributed by atoms with Crippen LogP contribution in [-0.2, 0) is 4.74 Å². The molecule has 1 N–H and O–H groups in total. The predicted octanol–water partition coefficient (Wildman–Crippen LogP) is 1.58. The summed E-state index contributed by atoms with van der Waals surface area (Å²) in [6.07, 6.45) is 6.13. The summed E-state index contributed by atoms with van der Waals surface area (Å²) in [4.78, 5) is 23.4. The van der Waals surface area contributed by atoms with E-state index in [1.54, 1.807) is 7.11 Å². The summed E-state index contributed by atoms with van der Waals surface area (Å²) in [6.45, 7) is 10.1. The van der Waals surface area contributed by atoms with Gasteiger partial charge in [0.25, 0.3) is 0 Å². The molecule has 0 aliphatic carbocycles. The number of hydrogen-bond acceptors (Lipinski definition) is 5. The quantitative estimate of drug-likeness (QED) is 0.818. The van der Waals surface area contributed by atoms with Gasteiger partial charge < -0.3 is 24.8 Å². The van der Waals surface area contributed by atoms with Crippen molar-refractivity contribution in [2.24, 2.45) is 5.92 Å². The molecular weight excluding hydrogens is 342 g/mol. The van der Waals surface area contributed by atoms with Crippen molar-refractivity contribution in [3.8, 4) is 0 Å². The Morgan fingerprint density at radius 1 is 1.30 bits per heavy atom. The van der Waals surface area contributed by atoms with Crippen LogP contribution in [0.2, 0.25) is 0 Å². The minimum atomic E-state index is 0.0788. The van der Waals surface area contributed by atoms with Gasteiger partial charge in [0.1, 0.15) is 0 Å². The Morgan fingerprint density at radius 3 is 2.85 bits per heavy atom. The smallest absolute Gasteiger partial charge is 0.317 e. The summed E-state index contributed by atoms with van der Waals surface area (Å²) in [6, 6.07) is 2.14. The fourth-order valence-corrected chi connectivity index (χ4v) is 4.06. The highest BCUT2D eigenvalue weighted by Crippen LogP contribution is 2.20. The van der Waals surface area contributed by atoms with Crippen LogP contribution < -0.4 is 10.2 Å². The van der Waals surface area contributed by atoms with E-state index in [4.69, 9.17) is 4.74 Å². The second-order valence-electron chi connectivity index (χ2n) is 7.62. The minimum Gasteiger partial charge on any atom is -0.383 e. The van der Waals surface area contributed by atoms with Gasteiger partial charge in [0, 0.05) is 71.0 Å². The van der Waals surface area contributed by atoms with Crippen LogP contribution in [-0.4, -0.2) is 86.9 Å². The zero-order valence-corrected chi connectivity index (χ0v) is 16.7. The van der Waals surface area contributed by atoms with E-state index in [1.165, 1.54) is 24.1 Å². The number of likely N-dealkylation sites (tertiary alicyclic amines) is 1. The Morgan fingerprint density at radius 2 is 2.11 bits per heavy atom. The molecule has 0 bridgehead atoms. The van der Waals surface area contributed by atoms with Crippen molar-refractivity contribution in [2.75, 3.05) is 71.0 Å². The van der Waals surface area contributed by atoms with Crippen molar-refractivity contribution in [3.63, 3.8) is 0 Å². The average Bonchev–Trinajstić information content (AvgIpc) is 2.71. The number of carbonyl (C=O) groups excluding carboxylic acids is 1. The Hall–Kier alpha value is -1.86. The lowest BCUT2D eigenvalue weighted by Gasteiger charge is -2.37. The third-order valence-electron chi connectivity index (χ3n) is 5.65. The number of piperazine rings is 1. The molecule has 7 heteroatoms. The molecule has 1 aromatic rings. The molecule has 3 rings (SSSR count). The van der Waals surface area contributed by atoms with E-state index in [2.05, 4.69) is 33.1 Å². The number of anilines is 1. The number of ether oxygens (including phenoxy) is 1. The molecular formula is C20H33N5O2. The van der Waals surface area contributed by atoms with Gasteiger partial charge in [-0.05, 0) is 43.9 Å². The number of pyridine rings is 1. The van der Waals surface area contributed by atoms with Gasteiger partial charge in [0.15, 0.2) is 0 Å². The standard InChI is InChI=1S/C20H33N5O2/c1-17-14-21-6-5-19(17)24-8-10-25(11-9-24)20(26)22-15-18-4-3-7-23(16-18)12-13-27-2/h5-6,14,18H,3-4,7-13,15-16H2,1-2H3,(H,22,26)/t18-/m1/s1. The molecule has 2 aliphatic rings. The van der Waals surface area contributed by atoms with Gasteiger partial charge in [-0.1, -0.05) is 0 Å². The molecule has 3 heterocycles. The molecule has 2 saturated heterocycles. The number of urea groups is 1. The van der Waals surface area contributed by atoms with E-state index in [9.17, 15) is 4.79 Å². The average molecular weight is 376 g/mol. The Bertz CT molecular complexity index is 604. The molecule has 0 aromatic carbocycles. The van der Waals surface area contributed by atoms with Crippen LogP contribution >= 0.6 is 0 Å². The molecule has 0 unspecified atom stereocenters. The first-order valence-electron chi connectivity index (χ1n) is 10.1. The first-order valence-corrected chi connectivity index (χ1v) is 10.1. The van der Waals surface area contributed by atoms with Gasteiger partial charge in [0.2, 0.25) is 0 Å². The Kier molecular flexibility index (Phi) is 7.29. The van der Waals surface area contributed by atoms with Crippen molar-refractivity contribution >= 4 is 11.7 Å². The Labute approximate surface area is 162 Å². The van der Waals surface area contributed by atoms with E-state index in [1.807, 2.05) is 17.3 Å². The predicted molar refractivity (Wildman–Crippen MR) is 107 cm³/mol. The number of carbonyl (C=O) groups is 1. The van der Waals surface area contributed by atoms with E-state index in [0.29, 0.717) is 5.92 Å². The third-order valence-corrected chi connectivity index (χ3v) is 5.65. The van der Waals surface area contributed by atoms with Crippen molar-refractivity contribution < 1.29 is 9.53 Å². The van der Waals surface area contributed by atoms with Gasteiger partial charge in [-0.2, -0.15) is 0 Å². The van der Waals surface area contributed by atoms with Crippen LogP contribution in [0.3, 0.4) is 0 Å². The van der Waals surface area contributed by atoms with Crippen LogP contribution in [0.4, 0.5) is 10.5 Å². The van der Waals surface area contributed by atoms with E-state index in [0.717, 1.165) is 59.0 Å². The first kappa shape index (κ1) is 19.9. The highest BCUT2D eigenvalue weighted by Gasteiger charge is 2.24. The van der Waals surface area contributed by atoms with Crippen LogP contribution in [0, 0.1) is 12.8 Å². The van der Waals surface area contributed by atoms with Crippen LogP contribution in [0.15, 0.2) is 18.5 Å². The lowest BCUT2D eigenvalue weighted by Crippen LogP contribution is -2.53. The number of hydrogen-bond donors (Lipinski definition) is 1. The third kappa shape index (κ3) is 5.56. The molecule has 27 heavy (non-hydrogen) atoms. The molecule has 0 radical (unpaired) electrons. The molecule has 2 fully saturated rings. The number of aryl methyl sites for hydroxylation is 1. The lowest BCUT2D eigenvalue weighted by molar-refractivity contribution is 0.113. The number of nitrogens with zero attached hydrogens (tertiary/aromatic N) is 4. The molecule has 0 saturated carbocycles. The normalized spacial score (nSPS) is 21.3. The van der Waals surface area contributed by atoms with E-state index >= 15 is 0 Å². The molecule has 150 valence electrons. The van der Waals surface area contributed by atoms with Crippen molar-refractivity contribution in [1.82, 2.24) is 20.1 Å². The summed E-state index contributed by atoms with van der Waals surface area (Å²) in [7, 11) is 1.75. The molecule has 0 spiro atoms. The highest BCUT2D eigenvalue weighted by molar-refractivity contribution is 5.74. The minimum absolute atomic E-state index is 0.0788. The molecule has 2 aliphatic heterocycles. The van der Waals surface area contributed by atoms with Crippen molar-refractivity contribution in [2.45, 2.75) is 19.8 Å². The zero-order valence-electron chi connectivity index (χ0n) is 16.7. The SMILES string of the molecule is COCCN1CCC[C@H](CNC(=O)N2CCN(c3ccncc3C)CC2)C1. The van der Waals surface area contributed by atoms with Gasteiger partial charge in [-0.25, -0.2) is 4.79 Å². The van der Waals surface area contributed by atoms with Gasteiger partial charge in [-0.3, -0.25) is 4.98 Å². The largest absolute Gasteiger partial charge is 0.383 e. The molecule has 2 amide bonds. The second-order valence-corrected chi connectivity index (χ2v) is 7.62. The number of amides is 2. The van der Waals surface area contributed by atoms with E-state index in [-0.39, 0.29) is 6.03 Å². The zero-order chi connectivity index (χ0) is 19.1. The maximum atomic E-state index is 12.6. The fourth-order valence-electron chi connectivity index (χ4n) is 4.06. The number of piperidine rings is 1. The summed E-state index contributed by atoms with van der Waals surface area (Å²) in [5.41, 5.74) is 2.41. The molecule has 7 nitrogen and oxygen atoms in total. The number of methoxy groups -OCH3 is 1. The van der Waals surface area contributed by atoms with Gasteiger partial charge >= 0.3 is 6.03 Å². The highest BCUT2D eigenvalue weighted by atomic mass is 16.5. The fraction of sp³-hybridized carbons (Fsp3) is 0.700. The molecule has 1 atom stereocenters. The van der Waals surface area contributed by atoms with Crippen molar-refractivity contribution in [3.05, 3.63) is 24.0 Å². The summed E-state index contributed by atoms with van der Waals surface area (Å²) in [5, 5.41) is 3.17. The lowest BCUT2D eigenvalue weighted by atomic mass is 9.98. The summed E-state index contributed by atoms with van der Waals surface area (Å²) >= 11 is 0. The van der Waals surface area contributed by atoms with Gasteiger partial charge in [-0.15, -0.1) is 0 Å². The molecule has 1 aromatic heterocycles.